The number of hydrogen-bond donors (Lipinski definition) is 1. The molecule has 2 nitrogen and oxygen atoms in total. The van der Waals surface area contributed by atoms with Gasteiger partial charge in [-0.25, -0.2) is 4.39 Å². The van der Waals surface area contributed by atoms with E-state index < -0.39 is 0 Å². The summed E-state index contributed by atoms with van der Waals surface area (Å²) in [5.41, 5.74) is 0.748. The summed E-state index contributed by atoms with van der Waals surface area (Å²) in [6.07, 6.45) is 2.37. The van der Waals surface area contributed by atoms with Crippen molar-refractivity contribution in [3.8, 4) is 0 Å². The van der Waals surface area contributed by atoms with Gasteiger partial charge in [0.1, 0.15) is 5.82 Å². The molecule has 0 aromatic heterocycles. The molecule has 1 N–H and O–H groups in total. The quantitative estimate of drug-likeness (QED) is 0.786. The standard InChI is InChI=1S/C14H23FN2/c1-4-5-10-17(3)11-14(16-2)12-8-6-7-9-13(12)15/h6-9,14,16H,4-5,10-11H2,1-3H3. The SMILES string of the molecule is CCCCN(C)CC(NC)c1ccccc1F. The number of nitrogens with zero attached hydrogens (tertiary/aromatic N) is 1. The minimum atomic E-state index is -0.129. The second kappa shape index (κ2) is 7.41. The molecule has 1 aromatic carbocycles. The lowest BCUT2D eigenvalue weighted by Crippen LogP contribution is -2.32. The van der Waals surface area contributed by atoms with Crippen molar-refractivity contribution < 1.29 is 4.39 Å². The molecule has 0 bridgehead atoms. The van der Waals surface area contributed by atoms with Crippen molar-refractivity contribution in [2.24, 2.45) is 0 Å². The first-order valence-electron chi connectivity index (χ1n) is 6.29. The van der Waals surface area contributed by atoms with Gasteiger partial charge in [0.05, 0.1) is 0 Å². The van der Waals surface area contributed by atoms with Crippen LogP contribution in [-0.2, 0) is 0 Å². The molecule has 0 aliphatic carbocycles. The van der Waals surface area contributed by atoms with Crippen LogP contribution in [0.5, 0.6) is 0 Å². The third-order valence-corrected chi connectivity index (χ3v) is 3.02. The summed E-state index contributed by atoms with van der Waals surface area (Å²) in [5.74, 6) is -0.129. The highest BCUT2D eigenvalue weighted by Crippen LogP contribution is 2.17. The molecule has 0 fully saturated rings. The Bertz CT molecular complexity index is 328. The lowest BCUT2D eigenvalue weighted by Gasteiger charge is -2.24. The Morgan fingerprint density at radius 1 is 1.35 bits per heavy atom. The molecule has 96 valence electrons. The molecular formula is C14H23FN2. The second-order valence-electron chi connectivity index (χ2n) is 4.48. The van der Waals surface area contributed by atoms with Crippen LogP contribution in [-0.4, -0.2) is 32.1 Å². The molecule has 1 atom stereocenters. The van der Waals surface area contributed by atoms with E-state index in [1.54, 1.807) is 6.07 Å². The number of likely N-dealkylation sites (N-methyl/N-ethyl adjacent to an activating group) is 2. The Hall–Kier alpha value is -0.930. The van der Waals surface area contributed by atoms with E-state index in [1.165, 1.54) is 18.9 Å². The monoisotopic (exact) mass is 238 g/mol. The maximum Gasteiger partial charge on any atom is 0.128 e. The van der Waals surface area contributed by atoms with Crippen molar-refractivity contribution in [1.29, 1.82) is 0 Å². The van der Waals surface area contributed by atoms with Gasteiger partial charge in [0, 0.05) is 18.2 Å². The summed E-state index contributed by atoms with van der Waals surface area (Å²) in [7, 11) is 3.96. The van der Waals surface area contributed by atoms with Crippen LogP contribution in [0.4, 0.5) is 4.39 Å². The first kappa shape index (κ1) is 14.1. The molecule has 0 radical (unpaired) electrons. The topological polar surface area (TPSA) is 15.3 Å². The molecule has 1 aromatic rings. The van der Waals surface area contributed by atoms with E-state index >= 15 is 0 Å². The Morgan fingerprint density at radius 2 is 2.06 bits per heavy atom. The van der Waals surface area contributed by atoms with Crippen LogP contribution < -0.4 is 5.32 Å². The molecule has 0 saturated heterocycles. The second-order valence-corrected chi connectivity index (χ2v) is 4.48. The highest BCUT2D eigenvalue weighted by Gasteiger charge is 2.15. The molecule has 1 rings (SSSR count). The number of halogens is 1. The van der Waals surface area contributed by atoms with Crippen LogP contribution in [0, 0.1) is 5.82 Å². The summed E-state index contributed by atoms with van der Waals surface area (Å²) >= 11 is 0. The summed E-state index contributed by atoms with van der Waals surface area (Å²) in [4.78, 5) is 2.25. The predicted molar refractivity (Wildman–Crippen MR) is 70.6 cm³/mol. The minimum absolute atomic E-state index is 0.0538. The molecule has 3 heteroatoms. The fourth-order valence-electron chi connectivity index (χ4n) is 1.93. The van der Waals surface area contributed by atoms with Crippen molar-refractivity contribution in [2.45, 2.75) is 25.8 Å². The Balaban J connectivity index is 2.62. The number of unbranched alkanes of at least 4 members (excludes halogenated alkanes) is 1. The Kier molecular flexibility index (Phi) is 6.16. The van der Waals surface area contributed by atoms with Crippen LogP contribution in [0.25, 0.3) is 0 Å². The minimum Gasteiger partial charge on any atom is -0.312 e. The lowest BCUT2D eigenvalue weighted by molar-refractivity contribution is 0.289. The summed E-state index contributed by atoms with van der Waals surface area (Å²) in [6, 6.07) is 7.04. The van der Waals surface area contributed by atoms with Gasteiger partial charge in [0.2, 0.25) is 0 Å². The summed E-state index contributed by atoms with van der Waals surface area (Å²) in [5, 5.41) is 3.18. The van der Waals surface area contributed by atoms with E-state index in [9.17, 15) is 4.39 Å². The molecular weight excluding hydrogens is 215 g/mol. The van der Waals surface area contributed by atoms with Gasteiger partial charge in [-0.3, -0.25) is 0 Å². The van der Waals surface area contributed by atoms with Crippen LogP contribution in [0.3, 0.4) is 0 Å². The number of rotatable bonds is 7. The zero-order chi connectivity index (χ0) is 12.7. The predicted octanol–water partition coefficient (Wildman–Crippen LogP) is 2.82. The zero-order valence-electron chi connectivity index (χ0n) is 11.0. The average Bonchev–Trinajstić information content (AvgIpc) is 2.34. The van der Waals surface area contributed by atoms with E-state index in [4.69, 9.17) is 0 Å². The molecule has 0 heterocycles. The van der Waals surface area contributed by atoms with Gasteiger partial charge in [-0.15, -0.1) is 0 Å². The van der Waals surface area contributed by atoms with Crippen LogP contribution in [0.2, 0.25) is 0 Å². The van der Waals surface area contributed by atoms with E-state index in [0.717, 1.165) is 18.7 Å². The van der Waals surface area contributed by atoms with Gasteiger partial charge in [-0.05, 0) is 33.1 Å². The van der Waals surface area contributed by atoms with Gasteiger partial charge in [0.25, 0.3) is 0 Å². The van der Waals surface area contributed by atoms with Crippen molar-refractivity contribution in [1.82, 2.24) is 10.2 Å². The molecule has 0 aliphatic rings. The highest BCUT2D eigenvalue weighted by atomic mass is 19.1. The van der Waals surface area contributed by atoms with Crippen LogP contribution in [0.15, 0.2) is 24.3 Å². The maximum absolute atomic E-state index is 13.7. The summed E-state index contributed by atoms with van der Waals surface area (Å²) < 4.78 is 13.7. The third-order valence-electron chi connectivity index (χ3n) is 3.02. The number of hydrogen-bond acceptors (Lipinski definition) is 2. The molecule has 0 amide bonds. The van der Waals surface area contributed by atoms with E-state index in [2.05, 4.69) is 24.2 Å². The van der Waals surface area contributed by atoms with Crippen molar-refractivity contribution >= 4 is 0 Å². The van der Waals surface area contributed by atoms with Crippen molar-refractivity contribution in [2.75, 3.05) is 27.2 Å². The van der Waals surface area contributed by atoms with E-state index in [-0.39, 0.29) is 11.9 Å². The fraction of sp³-hybridized carbons (Fsp3) is 0.571. The molecule has 17 heavy (non-hydrogen) atoms. The van der Waals surface area contributed by atoms with Gasteiger partial charge in [0.15, 0.2) is 0 Å². The van der Waals surface area contributed by atoms with Gasteiger partial charge in [-0.1, -0.05) is 31.5 Å². The first-order chi connectivity index (χ1) is 8.19. The summed E-state index contributed by atoms with van der Waals surface area (Å²) in [6.45, 7) is 4.07. The number of benzene rings is 1. The normalized spacial score (nSPS) is 13.0. The van der Waals surface area contributed by atoms with E-state index in [0.29, 0.717) is 0 Å². The zero-order valence-corrected chi connectivity index (χ0v) is 11.0. The molecule has 0 aliphatic heterocycles. The van der Waals surface area contributed by atoms with E-state index in [1.807, 2.05) is 19.2 Å². The third kappa shape index (κ3) is 4.44. The smallest absolute Gasteiger partial charge is 0.128 e. The van der Waals surface area contributed by atoms with Crippen molar-refractivity contribution in [3.63, 3.8) is 0 Å². The molecule has 0 saturated carbocycles. The molecule has 0 spiro atoms. The molecule has 1 unspecified atom stereocenters. The van der Waals surface area contributed by atoms with Gasteiger partial charge in [-0.2, -0.15) is 0 Å². The number of nitrogens with one attached hydrogen (secondary N) is 1. The maximum atomic E-state index is 13.7. The Morgan fingerprint density at radius 3 is 2.65 bits per heavy atom. The van der Waals surface area contributed by atoms with Crippen LogP contribution >= 0.6 is 0 Å². The van der Waals surface area contributed by atoms with Gasteiger partial charge < -0.3 is 10.2 Å². The Labute approximate surface area is 104 Å². The average molecular weight is 238 g/mol. The highest BCUT2D eigenvalue weighted by molar-refractivity contribution is 5.21. The fourth-order valence-corrected chi connectivity index (χ4v) is 1.93. The lowest BCUT2D eigenvalue weighted by atomic mass is 10.1. The first-order valence-corrected chi connectivity index (χ1v) is 6.29. The van der Waals surface area contributed by atoms with Crippen molar-refractivity contribution in [3.05, 3.63) is 35.6 Å². The van der Waals surface area contributed by atoms with Gasteiger partial charge >= 0.3 is 0 Å². The van der Waals surface area contributed by atoms with Crippen LogP contribution in [0.1, 0.15) is 31.4 Å². The largest absolute Gasteiger partial charge is 0.312 e.